The van der Waals surface area contributed by atoms with E-state index in [1.165, 1.54) is 32.4 Å². The fourth-order valence-corrected chi connectivity index (χ4v) is 2.49. The smallest absolute Gasteiger partial charge is 0.0835 e. The van der Waals surface area contributed by atoms with Gasteiger partial charge in [-0.1, -0.05) is 27.6 Å². The lowest BCUT2D eigenvalue weighted by molar-refractivity contribution is 0.217. The summed E-state index contributed by atoms with van der Waals surface area (Å²) in [4.78, 5) is 2.52. The standard InChI is InChI=1S/C11H19BrN4/c12-5-4-11-10-16(14-13-11)9-8-15-6-2-1-3-7-15/h10H,1-9H2. The fourth-order valence-electron chi connectivity index (χ4n) is 2.09. The van der Waals surface area contributed by atoms with Crippen molar-refractivity contribution in [1.29, 1.82) is 0 Å². The summed E-state index contributed by atoms with van der Waals surface area (Å²) in [7, 11) is 0. The Kier molecular flexibility index (Phi) is 4.78. The molecule has 5 heteroatoms. The molecule has 1 saturated heterocycles. The lowest BCUT2D eigenvalue weighted by atomic mass is 10.1. The molecule has 0 amide bonds. The van der Waals surface area contributed by atoms with Crippen molar-refractivity contribution in [3.05, 3.63) is 11.9 Å². The van der Waals surface area contributed by atoms with E-state index in [1.807, 2.05) is 4.68 Å². The molecule has 0 N–H and O–H groups in total. The third kappa shape index (κ3) is 3.56. The Morgan fingerprint density at radius 2 is 2.00 bits per heavy atom. The van der Waals surface area contributed by atoms with Crippen molar-refractivity contribution >= 4 is 15.9 Å². The third-order valence-corrected chi connectivity index (χ3v) is 3.43. The van der Waals surface area contributed by atoms with Crippen molar-refractivity contribution in [3.8, 4) is 0 Å². The molecule has 0 bridgehead atoms. The van der Waals surface area contributed by atoms with Crippen LogP contribution in [0.1, 0.15) is 25.0 Å². The average molecular weight is 287 g/mol. The molecule has 0 spiro atoms. The summed E-state index contributed by atoms with van der Waals surface area (Å²) >= 11 is 3.41. The first-order valence-electron chi connectivity index (χ1n) is 6.06. The molecule has 90 valence electrons. The van der Waals surface area contributed by atoms with Gasteiger partial charge in [0.15, 0.2) is 0 Å². The van der Waals surface area contributed by atoms with E-state index in [0.29, 0.717) is 0 Å². The minimum atomic E-state index is 0.956. The number of halogens is 1. The van der Waals surface area contributed by atoms with Gasteiger partial charge in [-0.3, -0.25) is 4.68 Å². The first-order valence-corrected chi connectivity index (χ1v) is 7.18. The van der Waals surface area contributed by atoms with E-state index >= 15 is 0 Å². The lowest BCUT2D eigenvalue weighted by Crippen LogP contribution is -2.32. The predicted octanol–water partition coefficient (Wildman–Crippen LogP) is 1.70. The molecule has 1 aromatic heterocycles. The van der Waals surface area contributed by atoms with Crippen LogP contribution in [0.2, 0.25) is 0 Å². The van der Waals surface area contributed by atoms with E-state index < -0.39 is 0 Å². The summed E-state index contributed by atoms with van der Waals surface area (Å²) in [5.74, 6) is 0. The van der Waals surface area contributed by atoms with Gasteiger partial charge in [0, 0.05) is 24.5 Å². The van der Waals surface area contributed by atoms with E-state index in [0.717, 1.165) is 30.5 Å². The van der Waals surface area contributed by atoms with Crippen LogP contribution in [0, 0.1) is 0 Å². The Bertz CT molecular complexity index is 307. The highest BCUT2D eigenvalue weighted by Gasteiger charge is 2.09. The number of aryl methyl sites for hydroxylation is 1. The molecule has 0 radical (unpaired) electrons. The molecular weight excluding hydrogens is 268 g/mol. The maximum absolute atomic E-state index is 4.14. The quantitative estimate of drug-likeness (QED) is 0.773. The molecule has 2 rings (SSSR count). The number of piperidine rings is 1. The van der Waals surface area contributed by atoms with E-state index in [9.17, 15) is 0 Å². The van der Waals surface area contributed by atoms with Gasteiger partial charge in [0.05, 0.1) is 12.2 Å². The summed E-state index contributed by atoms with van der Waals surface area (Å²) < 4.78 is 1.96. The van der Waals surface area contributed by atoms with Crippen LogP contribution >= 0.6 is 15.9 Å². The average Bonchev–Trinajstić information content (AvgIpc) is 2.76. The van der Waals surface area contributed by atoms with Crippen molar-refractivity contribution < 1.29 is 0 Å². The van der Waals surface area contributed by atoms with E-state index in [1.54, 1.807) is 0 Å². The predicted molar refractivity (Wildman–Crippen MR) is 67.8 cm³/mol. The Labute approximate surface area is 105 Å². The van der Waals surface area contributed by atoms with Gasteiger partial charge in [-0.05, 0) is 25.9 Å². The molecule has 0 unspecified atom stereocenters. The summed E-state index contributed by atoms with van der Waals surface area (Å²) in [6, 6.07) is 0. The van der Waals surface area contributed by atoms with Crippen molar-refractivity contribution in [1.82, 2.24) is 19.9 Å². The molecule has 0 saturated carbocycles. The Morgan fingerprint density at radius 1 is 1.19 bits per heavy atom. The Morgan fingerprint density at radius 3 is 2.75 bits per heavy atom. The van der Waals surface area contributed by atoms with Gasteiger partial charge in [0.1, 0.15) is 0 Å². The number of alkyl halides is 1. The summed E-state index contributed by atoms with van der Waals surface area (Å²) in [5.41, 5.74) is 1.08. The fraction of sp³-hybridized carbons (Fsp3) is 0.818. The Hall–Kier alpha value is -0.420. The zero-order valence-electron chi connectivity index (χ0n) is 9.61. The van der Waals surface area contributed by atoms with Crippen LogP contribution in [0.5, 0.6) is 0 Å². The van der Waals surface area contributed by atoms with Crippen molar-refractivity contribution in [2.45, 2.75) is 32.2 Å². The number of hydrogen-bond acceptors (Lipinski definition) is 3. The summed E-state index contributed by atoms with van der Waals surface area (Å²) in [5, 5.41) is 9.23. The number of hydrogen-bond donors (Lipinski definition) is 0. The molecule has 2 heterocycles. The van der Waals surface area contributed by atoms with Gasteiger partial charge in [-0.25, -0.2) is 0 Å². The van der Waals surface area contributed by atoms with Crippen LogP contribution in [-0.2, 0) is 13.0 Å². The lowest BCUT2D eigenvalue weighted by Gasteiger charge is -2.25. The van der Waals surface area contributed by atoms with E-state index in [-0.39, 0.29) is 0 Å². The minimum Gasteiger partial charge on any atom is -0.301 e. The second-order valence-electron chi connectivity index (χ2n) is 4.31. The van der Waals surface area contributed by atoms with Crippen LogP contribution in [0.25, 0.3) is 0 Å². The molecule has 1 aromatic rings. The van der Waals surface area contributed by atoms with Gasteiger partial charge < -0.3 is 4.90 Å². The van der Waals surface area contributed by atoms with Crippen LogP contribution in [0.15, 0.2) is 6.20 Å². The van der Waals surface area contributed by atoms with Crippen molar-refractivity contribution in [2.75, 3.05) is 25.0 Å². The third-order valence-electron chi connectivity index (χ3n) is 3.03. The van der Waals surface area contributed by atoms with E-state index in [4.69, 9.17) is 0 Å². The maximum Gasteiger partial charge on any atom is 0.0835 e. The first-order chi connectivity index (χ1) is 7.88. The normalized spacial score (nSPS) is 17.8. The van der Waals surface area contributed by atoms with Crippen molar-refractivity contribution in [3.63, 3.8) is 0 Å². The Balaban J connectivity index is 1.75. The zero-order chi connectivity index (χ0) is 11.2. The molecule has 0 aliphatic carbocycles. The number of likely N-dealkylation sites (tertiary alicyclic amines) is 1. The van der Waals surface area contributed by atoms with Crippen LogP contribution in [0.4, 0.5) is 0 Å². The number of nitrogens with zero attached hydrogens (tertiary/aromatic N) is 4. The zero-order valence-corrected chi connectivity index (χ0v) is 11.2. The highest BCUT2D eigenvalue weighted by atomic mass is 79.9. The second-order valence-corrected chi connectivity index (χ2v) is 5.11. The van der Waals surface area contributed by atoms with Crippen LogP contribution in [0.3, 0.4) is 0 Å². The molecule has 1 aliphatic rings. The van der Waals surface area contributed by atoms with Gasteiger partial charge >= 0.3 is 0 Å². The maximum atomic E-state index is 4.14. The second kappa shape index (κ2) is 6.35. The molecular formula is C11H19BrN4. The summed E-state index contributed by atoms with van der Waals surface area (Å²) in [6.07, 6.45) is 7.13. The molecule has 1 fully saturated rings. The summed E-state index contributed by atoms with van der Waals surface area (Å²) in [6.45, 7) is 4.58. The molecule has 0 atom stereocenters. The molecule has 16 heavy (non-hydrogen) atoms. The van der Waals surface area contributed by atoms with Gasteiger partial charge in [-0.15, -0.1) is 5.10 Å². The van der Waals surface area contributed by atoms with Gasteiger partial charge in [-0.2, -0.15) is 0 Å². The molecule has 1 aliphatic heterocycles. The van der Waals surface area contributed by atoms with Crippen LogP contribution in [-0.4, -0.2) is 44.9 Å². The van der Waals surface area contributed by atoms with Gasteiger partial charge in [0.2, 0.25) is 0 Å². The molecule has 0 aromatic carbocycles. The van der Waals surface area contributed by atoms with Gasteiger partial charge in [0.25, 0.3) is 0 Å². The van der Waals surface area contributed by atoms with E-state index in [2.05, 4.69) is 37.3 Å². The largest absolute Gasteiger partial charge is 0.301 e. The number of aromatic nitrogens is 3. The highest BCUT2D eigenvalue weighted by molar-refractivity contribution is 9.09. The minimum absolute atomic E-state index is 0.956. The SMILES string of the molecule is BrCCc1cn(CCN2CCCCC2)nn1. The monoisotopic (exact) mass is 286 g/mol. The highest BCUT2D eigenvalue weighted by Crippen LogP contribution is 2.08. The first kappa shape index (κ1) is 12.0. The molecule has 4 nitrogen and oxygen atoms in total. The number of rotatable bonds is 5. The topological polar surface area (TPSA) is 34.0 Å². The van der Waals surface area contributed by atoms with Crippen molar-refractivity contribution in [2.24, 2.45) is 0 Å². The van der Waals surface area contributed by atoms with Crippen LogP contribution < -0.4 is 0 Å².